The zero-order chi connectivity index (χ0) is 19.1. The Morgan fingerprint density at radius 2 is 1.89 bits per heavy atom. The summed E-state index contributed by atoms with van der Waals surface area (Å²) in [6, 6.07) is 9.27. The van der Waals surface area contributed by atoms with Crippen molar-refractivity contribution < 1.29 is 13.9 Å². The van der Waals surface area contributed by atoms with Crippen molar-refractivity contribution >= 4 is 5.91 Å². The number of carbonyl (C=O) groups is 1. The standard InChI is InChI=1S/C21H26FN3O2/c1-16(25-12-4-2-3-5-13-25)21(26)24-15-17-10-11-23-20(14-17)27-19-8-6-18(22)7-9-19/h6-11,14,16H,2-5,12-13,15H2,1H3,(H,24,26). The van der Waals surface area contributed by atoms with Crippen LogP contribution in [0.25, 0.3) is 0 Å². The Bertz CT molecular complexity index is 743. The maximum Gasteiger partial charge on any atom is 0.237 e. The van der Waals surface area contributed by atoms with Crippen LogP contribution >= 0.6 is 0 Å². The number of halogens is 1. The number of ether oxygens (including phenoxy) is 1. The third-order valence-corrected chi connectivity index (χ3v) is 4.87. The number of hydrogen-bond acceptors (Lipinski definition) is 4. The highest BCUT2D eigenvalue weighted by Gasteiger charge is 2.21. The van der Waals surface area contributed by atoms with E-state index in [4.69, 9.17) is 4.74 Å². The zero-order valence-corrected chi connectivity index (χ0v) is 15.7. The van der Waals surface area contributed by atoms with Crippen molar-refractivity contribution in [3.63, 3.8) is 0 Å². The first-order chi connectivity index (χ1) is 13.1. The van der Waals surface area contributed by atoms with Gasteiger partial charge in [-0.25, -0.2) is 9.37 Å². The van der Waals surface area contributed by atoms with Gasteiger partial charge < -0.3 is 10.1 Å². The molecule has 1 N–H and O–H groups in total. The number of carbonyl (C=O) groups excluding carboxylic acids is 1. The minimum atomic E-state index is -0.315. The fourth-order valence-corrected chi connectivity index (χ4v) is 3.22. The molecule has 3 rings (SSSR count). The Morgan fingerprint density at radius 1 is 1.19 bits per heavy atom. The molecule has 0 saturated carbocycles. The lowest BCUT2D eigenvalue weighted by Gasteiger charge is -2.26. The normalized spacial score (nSPS) is 16.4. The number of benzene rings is 1. The smallest absolute Gasteiger partial charge is 0.237 e. The molecule has 2 heterocycles. The van der Waals surface area contributed by atoms with Gasteiger partial charge in [0.15, 0.2) is 0 Å². The predicted octanol–water partition coefficient (Wildman–Crippen LogP) is 3.89. The van der Waals surface area contributed by atoms with Gasteiger partial charge in [0, 0.05) is 18.8 Å². The molecule has 1 aromatic carbocycles. The maximum absolute atomic E-state index is 13.0. The molecule has 1 saturated heterocycles. The van der Waals surface area contributed by atoms with Crippen LogP contribution in [-0.2, 0) is 11.3 Å². The molecule has 1 aromatic heterocycles. The third-order valence-electron chi connectivity index (χ3n) is 4.87. The van der Waals surface area contributed by atoms with Crippen molar-refractivity contribution in [2.24, 2.45) is 0 Å². The number of likely N-dealkylation sites (tertiary alicyclic amines) is 1. The van der Waals surface area contributed by atoms with Crippen LogP contribution in [0.2, 0.25) is 0 Å². The molecule has 0 aliphatic carbocycles. The lowest BCUT2D eigenvalue weighted by atomic mass is 10.2. The summed E-state index contributed by atoms with van der Waals surface area (Å²) in [5, 5.41) is 3.00. The summed E-state index contributed by atoms with van der Waals surface area (Å²) in [5.41, 5.74) is 0.901. The monoisotopic (exact) mass is 371 g/mol. The van der Waals surface area contributed by atoms with Gasteiger partial charge in [0.2, 0.25) is 11.8 Å². The minimum absolute atomic E-state index is 0.0368. The van der Waals surface area contributed by atoms with Crippen molar-refractivity contribution in [2.45, 2.75) is 45.2 Å². The molecule has 5 nitrogen and oxygen atoms in total. The molecule has 0 radical (unpaired) electrons. The number of amides is 1. The topological polar surface area (TPSA) is 54.5 Å². The van der Waals surface area contributed by atoms with Gasteiger partial charge in [-0.1, -0.05) is 12.8 Å². The van der Waals surface area contributed by atoms with E-state index in [1.54, 1.807) is 24.4 Å². The molecular formula is C21H26FN3O2. The van der Waals surface area contributed by atoms with E-state index in [1.165, 1.54) is 25.0 Å². The maximum atomic E-state index is 13.0. The van der Waals surface area contributed by atoms with Crippen LogP contribution in [0.3, 0.4) is 0 Å². The van der Waals surface area contributed by atoms with Gasteiger partial charge in [-0.2, -0.15) is 0 Å². The van der Waals surface area contributed by atoms with Gasteiger partial charge in [-0.05, 0) is 68.8 Å². The molecule has 2 aromatic rings. The number of nitrogens with zero attached hydrogens (tertiary/aromatic N) is 2. The van der Waals surface area contributed by atoms with E-state index >= 15 is 0 Å². The van der Waals surface area contributed by atoms with Crippen molar-refractivity contribution in [3.05, 3.63) is 54.0 Å². The summed E-state index contributed by atoms with van der Waals surface area (Å²) in [6.45, 7) is 4.36. The zero-order valence-electron chi connectivity index (χ0n) is 15.7. The van der Waals surface area contributed by atoms with Crippen LogP contribution in [0.4, 0.5) is 4.39 Å². The van der Waals surface area contributed by atoms with E-state index in [1.807, 2.05) is 13.0 Å². The average Bonchev–Trinajstić information content (AvgIpc) is 2.97. The molecule has 1 aliphatic heterocycles. The van der Waals surface area contributed by atoms with Crippen molar-refractivity contribution in [2.75, 3.05) is 13.1 Å². The van der Waals surface area contributed by atoms with E-state index in [0.717, 1.165) is 31.5 Å². The van der Waals surface area contributed by atoms with Gasteiger partial charge in [0.25, 0.3) is 0 Å². The first-order valence-corrected chi connectivity index (χ1v) is 9.52. The summed E-state index contributed by atoms with van der Waals surface area (Å²) in [6.07, 6.45) is 6.45. The van der Waals surface area contributed by atoms with E-state index in [2.05, 4.69) is 15.2 Å². The summed E-state index contributed by atoms with van der Waals surface area (Å²) >= 11 is 0. The second kappa shape index (κ2) is 9.46. The second-order valence-electron chi connectivity index (χ2n) is 6.90. The summed E-state index contributed by atoms with van der Waals surface area (Å²) in [7, 11) is 0. The SMILES string of the molecule is CC(C(=O)NCc1ccnc(Oc2ccc(F)cc2)c1)N1CCCCCC1. The first-order valence-electron chi connectivity index (χ1n) is 9.52. The number of hydrogen-bond donors (Lipinski definition) is 1. The molecule has 1 unspecified atom stereocenters. The van der Waals surface area contributed by atoms with Gasteiger partial charge >= 0.3 is 0 Å². The predicted molar refractivity (Wildman–Crippen MR) is 102 cm³/mol. The number of nitrogens with one attached hydrogen (secondary N) is 1. The summed E-state index contributed by atoms with van der Waals surface area (Å²) < 4.78 is 18.6. The van der Waals surface area contributed by atoms with Crippen molar-refractivity contribution in [1.29, 1.82) is 0 Å². The highest BCUT2D eigenvalue weighted by Crippen LogP contribution is 2.20. The Balaban J connectivity index is 1.54. The number of aromatic nitrogens is 1. The lowest BCUT2D eigenvalue weighted by molar-refractivity contribution is -0.126. The van der Waals surface area contributed by atoms with Crippen LogP contribution < -0.4 is 10.1 Å². The molecular weight excluding hydrogens is 345 g/mol. The lowest BCUT2D eigenvalue weighted by Crippen LogP contribution is -2.45. The van der Waals surface area contributed by atoms with E-state index < -0.39 is 0 Å². The third kappa shape index (κ3) is 5.76. The Hall–Kier alpha value is -2.47. The van der Waals surface area contributed by atoms with Crippen molar-refractivity contribution in [3.8, 4) is 11.6 Å². The fraction of sp³-hybridized carbons (Fsp3) is 0.429. The molecule has 1 aliphatic rings. The quantitative estimate of drug-likeness (QED) is 0.837. The van der Waals surface area contributed by atoms with Crippen LogP contribution in [0.15, 0.2) is 42.6 Å². The molecule has 6 heteroatoms. The molecule has 1 atom stereocenters. The molecule has 1 amide bonds. The fourth-order valence-electron chi connectivity index (χ4n) is 3.22. The second-order valence-corrected chi connectivity index (χ2v) is 6.90. The average molecular weight is 371 g/mol. The van der Waals surface area contributed by atoms with Gasteiger partial charge in [0.05, 0.1) is 6.04 Å². The van der Waals surface area contributed by atoms with Gasteiger partial charge in [-0.15, -0.1) is 0 Å². The Kier molecular flexibility index (Phi) is 6.76. The molecule has 27 heavy (non-hydrogen) atoms. The number of rotatable bonds is 6. The Morgan fingerprint density at radius 3 is 2.59 bits per heavy atom. The minimum Gasteiger partial charge on any atom is -0.439 e. The van der Waals surface area contributed by atoms with Crippen LogP contribution in [0.1, 0.15) is 38.2 Å². The summed E-state index contributed by atoms with van der Waals surface area (Å²) in [5.74, 6) is 0.647. The van der Waals surface area contributed by atoms with Gasteiger partial charge in [0.1, 0.15) is 11.6 Å². The molecule has 144 valence electrons. The van der Waals surface area contributed by atoms with Crippen LogP contribution in [0.5, 0.6) is 11.6 Å². The number of pyridine rings is 1. The van der Waals surface area contributed by atoms with Crippen LogP contribution in [0, 0.1) is 5.82 Å². The van der Waals surface area contributed by atoms with E-state index in [0.29, 0.717) is 18.2 Å². The van der Waals surface area contributed by atoms with E-state index in [9.17, 15) is 9.18 Å². The Labute approximate surface area is 159 Å². The first kappa shape index (κ1) is 19.3. The molecule has 1 fully saturated rings. The van der Waals surface area contributed by atoms with E-state index in [-0.39, 0.29) is 17.8 Å². The molecule has 0 bridgehead atoms. The highest BCUT2D eigenvalue weighted by atomic mass is 19.1. The largest absolute Gasteiger partial charge is 0.439 e. The van der Waals surface area contributed by atoms with Crippen molar-refractivity contribution in [1.82, 2.24) is 15.2 Å². The summed E-state index contributed by atoms with van der Waals surface area (Å²) in [4.78, 5) is 18.9. The highest BCUT2D eigenvalue weighted by molar-refractivity contribution is 5.81. The van der Waals surface area contributed by atoms with Crippen LogP contribution in [-0.4, -0.2) is 34.9 Å². The van der Waals surface area contributed by atoms with Gasteiger partial charge in [-0.3, -0.25) is 9.69 Å². The molecule has 0 spiro atoms.